The van der Waals surface area contributed by atoms with Crippen LogP contribution in [0.4, 0.5) is 0 Å². The second-order valence-electron chi connectivity index (χ2n) is 8.14. The maximum Gasteiger partial charge on any atom is 0.223 e. The fourth-order valence-electron chi connectivity index (χ4n) is 4.81. The molecule has 1 aliphatic heterocycles. The summed E-state index contributed by atoms with van der Waals surface area (Å²) in [7, 11) is 4.41. The van der Waals surface area contributed by atoms with Crippen molar-refractivity contribution in [2.45, 2.75) is 57.4 Å². The van der Waals surface area contributed by atoms with Gasteiger partial charge in [-0.25, -0.2) is 0 Å². The highest BCUT2D eigenvalue weighted by Gasteiger charge is 2.49. The predicted molar refractivity (Wildman–Crippen MR) is 98.8 cm³/mol. The molecule has 1 heterocycles. The molecule has 3 nitrogen and oxygen atoms in total. The Morgan fingerprint density at radius 2 is 1.75 bits per heavy atom. The first kappa shape index (κ1) is 17.5. The Morgan fingerprint density at radius 3 is 2.33 bits per heavy atom. The van der Waals surface area contributed by atoms with Crippen molar-refractivity contribution in [1.82, 2.24) is 9.80 Å². The number of unbranched alkanes of at least 4 members (excludes halogenated alkanes) is 1. The monoisotopic (exact) mass is 328 g/mol. The highest BCUT2D eigenvalue weighted by Crippen LogP contribution is 2.52. The molecular weight excluding hydrogens is 296 g/mol. The van der Waals surface area contributed by atoms with Crippen molar-refractivity contribution in [1.29, 1.82) is 0 Å². The van der Waals surface area contributed by atoms with E-state index >= 15 is 0 Å². The Balaban J connectivity index is 1.74. The predicted octanol–water partition coefficient (Wildman–Crippen LogP) is 4.04. The highest BCUT2D eigenvalue weighted by molar-refractivity contribution is 5.79. The Labute approximate surface area is 147 Å². The van der Waals surface area contributed by atoms with Gasteiger partial charge in [-0.2, -0.15) is 0 Å². The van der Waals surface area contributed by atoms with Crippen molar-refractivity contribution >= 4 is 5.91 Å². The number of nitrogens with zero attached hydrogens (tertiary/aromatic N) is 2. The maximum absolute atomic E-state index is 12.4. The van der Waals surface area contributed by atoms with Gasteiger partial charge in [-0.1, -0.05) is 43.7 Å². The fraction of sp³-hybridized carbons (Fsp3) is 0.667. The average Bonchev–Trinajstić information content (AvgIpc) is 2.90. The quantitative estimate of drug-likeness (QED) is 0.814. The van der Waals surface area contributed by atoms with Crippen LogP contribution in [-0.2, 0) is 10.3 Å². The summed E-state index contributed by atoms with van der Waals surface area (Å²) in [6.45, 7) is 4.14. The van der Waals surface area contributed by atoms with Crippen molar-refractivity contribution in [3.8, 4) is 0 Å². The SMILES string of the molecule is CCCCN1CC2(CCC(c3ccccc3)(N(C)C)CC2)CC1=O. The van der Waals surface area contributed by atoms with Gasteiger partial charge in [-0.3, -0.25) is 9.69 Å². The zero-order valence-electron chi connectivity index (χ0n) is 15.6. The zero-order chi connectivity index (χ0) is 17.2. The van der Waals surface area contributed by atoms with Crippen molar-refractivity contribution in [2.75, 3.05) is 27.2 Å². The summed E-state index contributed by atoms with van der Waals surface area (Å²) in [4.78, 5) is 17.0. The summed E-state index contributed by atoms with van der Waals surface area (Å²) in [5.41, 5.74) is 1.79. The highest BCUT2D eigenvalue weighted by atomic mass is 16.2. The van der Waals surface area contributed by atoms with Crippen LogP contribution in [0.5, 0.6) is 0 Å². The summed E-state index contributed by atoms with van der Waals surface area (Å²) < 4.78 is 0. The van der Waals surface area contributed by atoms with E-state index in [4.69, 9.17) is 0 Å². The van der Waals surface area contributed by atoms with Crippen LogP contribution >= 0.6 is 0 Å². The van der Waals surface area contributed by atoms with Crippen molar-refractivity contribution in [3.63, 3.8) is 0 Å². The first-order chi connectivity index (χ1) is 11.5. The molecule has 0 unspecified atom stereocenters. The standard InChI is InChI=1S/C21H32N2O/c1-4-5-15-23-17-20(16-19(23)24)11-13-21(14-12-20,22(2)3)18-9-7-6-8-10-18/h6-10H,4-5,11-17H2,1-3H3. The number of carbonyl (C=O) groups is 1. The van der Waals surface area contributed by atoms with E-state index in [1.807, 2.05) is 0 Å². The molecule has 3 heteroatoms. The van der Waals surface area contributed by atoms with E-state index < -0.39 is 0 Å². The number of hydrogen-bond donors (Lipinski definition) is 0. The fourth-order valence-corrected chi connectivity index (χ4v) is 4.81. The molecule has 2 fully saturated rings. The van der Waals surface area contributed by atoms with Gasteiger partial charge in [0, 0.05) is 25.0 Å². The van der Waals surface area contributed by atoms with Gasteiger partial charge in [-0.05, 0) is 57.2 Å². The first-order valence-corrected chi connectivity index (χ1v) is 9.52. The molecule has 24 heavy (non-hydrogen) atoms. The van der Waals surface area contributed by atoms with E-state index in [2.05, 4.69) is 61.2 Å². The Hall–Kier alpha value is -1.35. The van der Waals surface area contributed by atoms with Crippen LogP contribution in [0.15, 0.2) is 30.3 Å². The molecule has 1 saturated carbocycles. The van der Waals surface area contributed by atoms with Gasteiger partial charge < -0.3 is 4.90 Å². The molecule has 1 aliphatic carbocycles. The average molecular weight is 329 g/mol. The Bertz CT molecular complexity index is 558. The lowest BCUT2D eigenvalue weighted by Gasteiger charge is -2.48. The van der Waals surface area contributed by atoms with Gasteiger partial charge >= 0.3 is 0 Å². The van der Waals surface area contributed by atoms with Crippen LogP contribution in [0.3, 0.4) is 0 Å². The van der Waals surface area contributed by atoms with Gasteiger partial charge in [0.2, 0.25) is 5.91 Å². The minimum Gasteiger partial charge on any atom is -0.342 e. The van der Waals surface area contributed by atoms with Gasteiger partial charge in [0.25, 0.3) is 0 Å². The zero-order valence-corrected chi connectivity index (χ0v) is 15.6. The van der Waals surface area contributed by atoms with E-state index in [0.717, 1.165) is 58.0 Å². The largest absolute Gasteiger partial charge is 0.342 e. The van der Waals surface area contributed by atoms with E-state index in [1.54, 1.807) is 0 Å². The summed E-state index contributed by atoms with van der Waals surface area (Å²) in [5.74, 6) is 0.389. The molecule has 1 amide bonds. The normalized spacial score (nSPS) is 30.5. The van der Waals surface area contributed by atoms with Crippen LogP contribution in [0.25, 0.3) is 0 Å². The molecule has 0 aromatic heterocycles. The molecular formula is C21H32N2O. The molecule has 0 atom stereocenters. The summed E-state index contributed by atoms with van der Waals surface area (Å²) >= 11 is 0. The number of carbonyl (C=O) groups excluding carboxylic acids is 1. The van der Waals surface area contributed by atoms with E-state index in [0.29, 0.717) is 5.91 Å². The number of hydrogen-bond acceptors (Lipinski definition) is 2. The van der Waals surface area contributed by atoms with Gasteiger partial charge in [0.15, 0.2) is 0 Å². The topological polar surface area (TPSA) is 23.6 Å². The third kappa shape index (κ3) is 3.11. The molecule has 1 saturated heterocycles. The second kappa shape index (κ2) is 6.87. The summed E-state index contributed by atoms with van der Waals surface area (Å²) in [6.07, 6.45) is 7.69. The number of likely N-dealkylation sites (tertiary alicyclic amines) is 1. The third-order valence-corrected chi connectivity index (χ3v) is 6.49. The van der Waals surface area contributed by atoms with Crippen LogP contribution in [0.2, 0.25) is 0 Å². The molecule has 1 aromatic carbocycles. The molecule has 2 aliphatic rings. The molecule has 1 spiro atoms. The van der Waals surface area contributed by atoms with E-state index in [9.17, 15) is 4.79 Å². The van der Waals surface area contributed by atoms with Crippen molar-refractivity contribution in [2.24, 2.45) is 5.41 Å². The lowest BCUT2D eigenvalue weighted by Crippen LogP contribution is -2.47. The van der Waals surface area contributed by atoms with Gasteiger partial charge in [-0.15, -0.1) is 0 Å². The number of benzene rings is 1. The van der Waals surface area contributed by atoms with Crippen LogP contribution < -0.4 is 0 Å². The van der Waals surface area contributed by atoms with E-state index in [1.165, 1.54) is 5.56 Å². The van der Waals surface area contributed by atoms with Crippen molar-refractivity contribution in [3.05, 3.63) is 35.9 Å². The molecule has 1 aromatic rings. The van der Waals surface area contributed by atoms with Crippen LogP contribution in [0.1, 0.15) is 57.4 Å². The molecule has 3 rings (SSSR count). The van der Waals surface area contributed by atoms with Crippen molar-refractivity contribution < 1.29 is 4.79 Å². The Kier molecular flexibility index (Phi) is 5.00. The minimum atomic E-state index is 0.131. The Morgan fingerprint density at radius 1 is 1.08 bits per heavy atom. The number of amides is 1. The first-order valence-electron chi connectivity index (χ1n) is 9.52. The molecule has 132 valence electrons. The van der Waals surface area contributed by atoms with Crippen LogP contribution in [-0.4, -0.2) is 42.9 Å². The lowest BCUT2D eigenvalue weighted by atomic mass is 9.64. The van der Waals surface area contributed by atoms with Crippen LogP contribution in [0, 0.1) is 5.41 Å². The minimum absolute atomic E-state index is 0.131. The van der Waals surface area contributed by atoms with Gasteiger partial charge in [0.05, 0.1) is 0 Å². The maximum atomic E-state index is 12.4. The summed E-state index contributed by atoms with van der Waals surface area (Å²) in [5, 5.41) is 0. The van der Waals surface area contributed by atoms with Gasteiger partial charge in [0.1, 0.15) is 0 Å². The second-order valence-corrected chi connectivity index (χ2v) is 8.14. The molecule has 0 bridgehead atoms. The third-order valence-electron chi connectivity index (χ3n) is 6.49. The van der Waals surface area contributed by atoms with E-state index in [-0.39, 0.29) is 11.0 Å². The molecule has 0 N–H and O–H groups in total. The molecule has 0 radical (unpaired) electrons. The smallest absolute Gasteiger partial charge is 0.223 e. The lowest BCUT2D eigenvalue weighted by molar-refractivity contribution is -0.127. The summed E-state index contributed by atoms with van der Waals surface area (Å²) in [6, 6.07) is 10.9. The number of rotatable bonds is 5.